The Bertz CT molecular complexity index is 221. The molecule has 0 N–H and O–H groups in total. The van der Waals surface area contributed by atoms with Crippen molar-refractivity contribution in [2.24, 2.45) is 0 Å². The van der Waals surface area contributed by atoms with E-state index in [1.54, 1.807) is 24.2 Å². The fourth-order valence-electron chi connectivity index (χ4n) is 0.715. The topological polar surface area (TPSA) is 25.8 Å². The van der Waals surface area contributed by atoms with Crippen molar-refractivity contribution in [3.05, 3.63) is 24.3 Å². The number of nitrogens with zero attached hydrogens (tertiary/aromatic N) is 2. The molecular weight excluding hydrogens is 156 g/mol. The molecule has 0 spiro atoms. The molecule has 0 radical (unpaired) electrons. The molecule has 0 aliphatic carbocycles. The van der Waals surface area contributed by atoms with E-state index in [1.165, 1.54) is 0 Å². The van der Waals surface area contributed by atoms with Gasteiger partial charge in [0.1, 0.15) is 0 Å². The van der Waals surface area contributed by atoms with E-state index in [-0.39, 0.29) is 4.75 Å². The first kappa shape index (κ1) is 8.53. The fourth-order valence-corrected chi connectivity index (χ4v) is 1.03. The SMILES string of the molecule is CSC(C)(C)c1cnccn1. The fraction of sp³-hybridized carbons (Fsp3) is 0.500. The summed E-state index contributed by atoms with van der Waals surface area (Å²) in [4.78, 5) is 8.26. The van der Waals surface area contributed by atoms with Crippen LogP contribution in [-0.2, 0) is 4.75 Å². The highest BCUT2D eigenvalue weighted by atomic mass is 32.2. The van der Waals surface area contributed by atoms with Crippen LogP contribution in [0.15, 0.2) is 18.6 Å². The maximum atomic E-state index is 4.24. The molecule has 3 heteroatoms. The first-order chi connectivity index (χ1) is 5.17. The van der Waals surface area contributed by atoms with Crippen molar-refractivity contribution in [3.63, 3.8) is 0 Å². The van der Waals surface area contributed by atoms with E-state index in [9.17, 15) is 0 Å². The quantitative estimate of drug-likeness (QED) is 0.676. The summed E-state index contributed by atoms with van der Waals surface area (Å²) < 4.78 is 0.0776. The van der Waals surface area contributed by atoms with Crippen LogP contribution in [0.2, 0.25) is 0 Å². The zero-order valence-electron chi connectivity index (χ0n) is 7.03. The van der Waals surface area contributed by atoms with Gasteiger partial charge in [-0.2, -0.15) is 11.8 Å². The number of rotatable bonds is 2. The van der Waals surface area contributed by atoms with Gasteiger partial charge in [0.05, 0.1) is 10.4 Å². The molecular formula is C8H12N2S. The number of thioether (sulfide) groups is 1. The van der Waals surface area contributed by atoms with E-state index in [2.05, 4.69) is 30.1 Å². The van der Waals surface area contributed by atoms with Crippen LogP contribution in [0.4, 0.5) is 0 Å². The Morgan fingerprint density at radius 3 is 2.55 bits per heavy atom. The highest BCUT2D eigenvalue weighted by molar-refractivity contribution is 7.99. The summed E-state index contributed by atoms with van der Waals surface area (Å²) in [6, 6.07) is 0. The van der Waals surface area contributed by atoms with Crippen LogP contribution in [0.5, 0.6) is 0 Å². The Balaban J connectivity index is 2.93. The maximum Gasteiger partial charge on any atom is 0.0741 e. The Labute approximate surface area is 71.5 Å². The van der Waals surface area contributed by atoms with Gasteiger partial charge >= 0.3 is 0 Å². The van der Waals surface area contributed by atoms with E-state index < -0.39 is 0 Å². The van der Waals surface area contributed by atoms with E-state index in [4.69, 9.17) is 0 Å². The van der Waals surface area contributed by atoms with Crippen LogP contribution in [0.1, 0.15) is 19.5 Å². The highest BCUT2D eigenvalue weighted by Gasteiger charge is 2.19. The van der Waals surface area contributed by atoms with E-state index in [1.807, 2.05) is 6.20 Å². The molecule has 0 atom stereocenters. The van der Waals surface area contributed by atoms with Gasteiger partial charge in [-0.25, -0.2) is 0 Å². The Hall–Kier alpha value is -0.570. The Morgan fingerprint density at radius 2 is 2.09 bits per heavy atom. The van der Waals surface area contributed by atoms with Gasteiger partial charge < -0.3 is 0 Å². The van der Waals surface area contributed by atoms with Crippen LogP contribution in [0.25, 0.3) is 0 Å². The Morgan fingerprint density at radius 1 is 1.36 bits per heavy atom. The van der Waals surface area contributed by atoms with Crippen LogP contribution >= 0.6 is 11.8 Å². The molecule has 0 aliphatic rings. The highest BCUT2D eigenvalue weighted by Crippen LogP contribution is 2.30. The van der Waals surface area contributed by atoms with Gasteiger partial charge in [-0.15, -0.1) is 0 Å². The predicted octanol–water partition coefficient (Wildman–Crippen LogP) is 2.07. The number of hydrogen-bond acceptors (Lipinski definition) is 3. The third kappa shape index (κ3) is 1.93. The molecule has 11 heavy (non-hydrogen) atoms. The third-order valence-electron chi connectivity index (χ3n) is 1.69. The lowest BCUT2D eigenvalue weighted by Crippen LogP contribution is -2.13. The average molecular weight is 168 g/mol. The predicted molar refractivity (Wildman–Crippen MR) is 48.6 cm³/mol. The van der Waals surface area contributed by atoms with Crippen molar-refractivity contribution in [1.82, 2.24) is 9.97 Å². The molecule has 0 saturated carbocycles. The summed E-state index contributed by atoms with van der Waals surface area (Å²) in [5.74, 6) is 0. The van der Waals surface area contributed by atoms with Crippen molar-refractivity contribution < 1.29 is 0 Å². The molecule has 0 bridgehead atoms. The normalized spacial score (nSPS) is 11.5. The molecule has 0 fully saturated rings. The van der Waals surface area contributed by atoms with Crippen molar-refractivity contribution in [1.29, 1.82) is 0 Å². The average Bonchev–Trinajstić information content (AvgIpc) is 2.06. The third-order valence-corrected chi connectivity index (χ3v) is 2.92. The minimum atomic E-state index is 0.0776. The summed E-state index contributed by atoms with van der Waals surface area (Å²) in [5, 5.41) is 0. The summed E-state index contributed by atoms with van der Waals surface area (Å²) in [6.45, 7) is 4.28. The lowest BCUT2D eigenvalue weighted by atomic mass is 10.1. The molecule has 0 aromatic carbocycles. The van der Waals surface area contributed by atoms with Gasteiger partial charge in [-0.05, 0) is 20.1 Å². The minimum absolute atomic E-state index is 0.0776. The van der Waals surface area contributed by atoms with Gasteiger partial charge in [0.25, 0.3) is 0 Å². The first-order valence-electron chi connectivity index (χ1n) is 3.48. The molecule has 1 heterocycles. The second-order valence-electron chi connectivity index (χ2n) is 2.81. The molecule has 0 amide bonds. The summed E-state index contributed by atoms with van der Waals surface area (Å²) in [5.41, 5.74) is 1.03. The summed E-state index contributed by atoms with van der Waals surface area (Å²) >= 11 is 1.78. The second-order valence-corrected chi connectivity index (χ2v) is 4.23. The molecule has 1 aromatic heterocycles. The number of aromatic nitrogens is 2. The van der Waals surface area contributed by atoms with Gasteiger partial charge in [0.2, 0.25) is 0 Å². The molecule has 0 aliphatic heterocycles. The lowest BCUT2D eigenvalue weighted by Gasteiger charge is -2.19. The largest absolute Gasteiger partial charge is 0.261 e. The van der Waals surface area contributed by atoms with Gasteiger partial charge in [-0.3, -0.25) is 9.97 Å². The van der Waals surface area contributed by atoms with Crippen molar-refractivity contribution >= 4 is 11.8 Å². The molecule has 0 unspecified atom stereocenters. The summed E-state index contributed by atoms with van der Waals surface area (Å²) in [6.07, 6.45) is 7.32. The van der Waals surface area contributed by atoms with E-state index in [0.29, 0.717) is 0 Å². The molecule has 2 nitrogen and oxygen atoms in total. The monoisotopic (exact) mass is 168 g/mol. The van der Waals surface area contributed by atoms with Gasteiger partial charge in [-0.1, -0.05) is 0 Å². The zero-order valence-corrected chi connectivity index (χ0v) is 7.85. The van der Waals surface area contributed by atoms with Crippen LogP contribution < -0.4 is 0 Å². The first-order valence-corrected chi connectivity index (χ1v) is 4.71. The number of hydrogen-bond donors (Lipinski definition) is 0. The van der Waals surface area contributed by atoms with E-state index >= 15 is 0 Å². The van der Waals surface area contributed by atoms with Crippen LogP contribution in [-0.4, -0.2) is 16.2 Å². The van der Waals surface area contributed by atoms with Crippen molar-refractivity contribution in [2.75, 3.05) is 6.26 Å². The zero-order chi connectivity index (χ0) is 8.32. The molecule has 1 rings (SSSR count). The second kappa shape index (κ2) is 3.22. The minimum Gasteiger partial charge on any atom is -0.261 e. The lowest BCUT2D eigenvalue weighted by molar-refractivity contribution is 0.741. The van der Waals surface area contributed by atoms with Crippen molar-refractivity contribution in [2.45, 2.75) is 18.6 Å². The van der Waals surface area contributed by atoms with E-state index in [0.717, 1.165) is 5.69 Å². The maximum absolute atomic E-state index is 4.24. The van der Waals surface area contributed by atoms with Gasteiger partial charge in [0, 0.05) is 18.6 Å². The molecule has 60 valence electrons. The standard InChI is InChI=1S/C8H12N2S/c1-8(2,11-3)7-6-9-4-5-10-7/h4-6H,1-3H3. The molecule has 0 saturated heterocycles. The van der Waals surface area contributed by atoms with Crippen LogP contribution in [0, 0.1) is 0 Å². The molecule has 1 aromatic rings. The Kier molecular flexibility index (Phi) is 2.49. The smallest absolute Gasteiger partial charge is 0.0741 e. The van der Waals surface area contributed by atoms with Crippen LogP contribution in [0.3, 0.4) is 0 Å². The summed E-state index contributed by atoms with van der Waals surface area (Å²) in [7, 11) is 0. The van der Waals surface area contributed by atoms with Gasteiger partial charge in [0.15, 0.2) is 0 Å². The van der Waals surface area contributed by atoms with Crippen molar-refractivity contribution in [3.8, 4) is 0 Å².